The quantitative estimate of drug-likeness (QED) is 0.906. The molecule has 3 nitrogen and oxygen atoms in total. The Kier molecular flexibility index (Phi) is 3.03. The third-order valence-corrected chi connectivity index (χ3v) is 3.82. The van der Waals surface area contributed by atoms with E-state index in [9.17, 15) is 9.90 Å². The van der Waals surface area contributed by atoms with Gasteiger partial charge in [-0.1, -0.05) is 23.2 Å². The van der Waals surface area contributed by atoms with E-state index in [2.05, 4.69) is 0 Å². The van der Waals surface area contributed by atoms with E-state index < -0.39 is 5.97 Å². The topological polar surface area (TPSA) is 42.2 Å². The first-order valence-electron chi connectivity index (χ1n) is 5.98. The van der Waals surface area contributed by atoms with Gasteiger partial charge in [0.2, 0.25) is 0 Å². The molecule has 0 unspecified atom stereocenters. The number of halogens is 2. The highest BCUT2D eigenvalue weighted by atomic mass is 35.5. The maximum Gasteiger partial charge on any atom is 0.352 e. The van der Waals surface area contributed by atoms with Gasteiger partial charge in [-0.3, -0.25) is 0 Å². The van der Waals surface area contributed by atoms with Crippen molar-refractivity contribution in [3.63, 3.8) is 0 Å². The van der Waals surface area contributed by atoms with E-state index in [1.54, 1.807) is 30.3 Å². The van der Waals surface area contributed by atoms with Crippen LogP contribution in [0, 0.1) is 0 Å². The van der Waals surface area contributed by atoms with Crippen LogP contribution in [0.4, 0.5) is 0 Å². The second-order valence-corrected chi connectivity index (χ2v) is 5.48. The molecule has 1 aliphatic rings. The molecule has 1 aromatic heterocycles. The SMILES string of the molecule is O=C(O)c1ccc(-c2cc(Cl)ccc2Cl)n1C1CC1. The molecule has 0 amide bonds. The molecule has 98 valence electrons. The number of aromatic nitrogens is 1. The van der Waals surface area contributed by atoms with Crippen molar-refractivity contribution < 1.29 is 9.90 Å². The number of nitrogens with zero attached hydrogens (tertiary/aromatic N) is 1. The zero-order chi connectivity index (χ0) is 13.6. The summed E-state index contributed by atoms with van der Waals surface area (Å²) >= 11 is 12.2. The first-order valence-corrected chi connectivity index (χ1v) is 6.73. The molecule has 3 rings (SSSR count). The molecule has 0 bridgehead atoms. The number of hydrogen-bond acceptors (Lipinski definition) is 1. The Bertz CT molecular complexity index is 659. The monoisotopic (exact) mass is 295 g/mol. The highest BCUT2D eigenvalue weighted by Crippen LogP contribution is 2.42. The van der Waals surface area contributed by atoms with Crippen LogP contribution in [0.15, 0.2) is 30.3 Å². The average molecular weight is 296 g/mol. The molecule has 1 heterocycles. The van der Waals surface area contributed by atoms with Crippen molar-refractivity contribution >= 4 is 29.2 Å². The molecule has 1 saturated carbocycles. The minimum absolute atomic E-state index is 0.256. The van der Waals surface area contributed by atoms with Crippen molar-refractivity contribution in [2.75, 3.05) is 0 Å². The van der Waals surface area contributed by atoms with Gasteiger partial charge in [0.25, 0.3) is 0 Å². The number of carboxylic acids is 1. The number of carbonyl (C=O) groups is 1. The van der Waals surface area contributed by atoms with Crippen molar-refractivity contribution in [1.82, 2.24) is 4.57 Å². The third kappa shape index (κ3) is 2.24. The van der Waals surface area contributed by atoms with Gasteiger partial charge in [-0.2, -0.15) is 0 Å². The van der Waals surface area contributed by atoms with Gasteiger partial charge in [0.05, 0.1) is 5.69 Å². The summed E-state index contributed by atoms with van der Waals surface area (Å²) in [4.78, 5) is 11.3. The Labute approximate surface area is 120 Å². The van der Waals surface area contributed by atoms with Crippen molar-refractivity contribution in [2.24, 2.45) is 0 Å². The summed E-state index contributed by atoms with van der Waals surface area (Å²) in [5.74, 6) is -0.920. The van der Waals surface area contributed by atoms with Gasteiger partial charge >= 0.3 is 5.97 Å². The summed E-state index contributed by atoms with van der Waals surface area (Å²) in [6, 6.07) is 8.88. The molecular formula is C14H11Cl2NO2. The number of aromatic carboxylic acids is 1. The molecule has 1 aliphatic carbocycles. The van der Waals surface area contributed by atoms with E-state index in [0.29, 0.717) is 15.7 Å². The van der Waals surface area contributed by atoms with E-state index in [1.807, 2.05) is 4.57 Å². The molecule has 19 heavy (non-hydrogen) atoms. The van der Waals surface area contributed by atoms with Crippen LogP contribution in [0.2, 0.25) is 10.0 Å². The summed E-state index contributed by atoms with van der Waals surface area (Å²) < 4.78 is 1.85. The van der Waals surface area contributed by atoms with Crippen molar-refractivity contribution in [1.29, 1.82) is 0 Å². The smallest absolute Gasteiger partial charge is 0.352 e. The fraction of sp³-hybridized carbons (Fsp3) is 0.214. The number of rotatable bonds is 3. The average Bonchev–Trinajstić information content (AvgIpc) is 3.11. The van der Waals surface area contributed by atoms with E-state index in [1.165, 1.54) is 0 Å². The lowest BCUT2D eigenvalue weighted by Gasteiger charge is -2.12. The van der Waals surface area contributed by atoms with Crippen LogP contribution in [0.25, 0.3) is 11.3 Å². The molecule has 5 heteroatoms. The molecule has 0 saturated heterocycles. The van der Waals surface area contributed by atoms with Gasteiger partial charge in [0.15, 0.2) is 0 Å². The molecule has 0 aliphatic heterocycles. The minimum Gasteiger partial charge on any atom is -0.477 e. The molecule has 0 atom stereocenters. The normalized spacial score (nSPS) is 14.6. The Morgan fingerprint density at radius 3 is 2.58 bits per heavy atom. The minimum atomic E-state index is -0.920. The van der Waals surface area contributed by atoms with Gasteiger partial charge in [-0.25, -0.2) is 4.79 Å². The van der Waals surface area contributed by atoms with Gasteiger partial charge < -0.3 is 9.67 Å². The lowest BCUT2D eigenvalue weighted by atomic mass is 10.1. The van der Waals surface area contributed by atoms with Gasteiger partial charge in [0, 0.05) is 21.7 Å². The summed E-state index contributed by atoms with van der Waals surface area (Å²) in [5, 5.41) is 10.4. The Morgan fingerprint density at radius 1 is 1.21 bits per heavy atom. The summed E-state index contributed by atoms with van der Waals surface area (Å²) in [6.07, 6.45) is 2.00. The van der Waals surface area contributed by atoms with Crippen LogP contribution in [0.3, 0.4) is 0 Å². The maximum atomic E-state index is 11.3. The van der Waals surface area contributed by atoms with Crippen molar-refractivity contribution in [2.45, 2.75) is 18.9 Å². The molecule has 1 fully saturated rings. The van der Waals surface area contributed by atoms with E-state index in [0.717, 1.165) is 24.1 Å². The van der Waals surface area contributed by atoms with Gasteiger partial charge in [-0.15, -0.1) is 0 Å². The Morgan fingerprint density at radius 2 is 1.95 bits per heavy atom. The summed E-state index contributed by atoms with van der Waals surface area (Å²) in [5.41, 5.74) is 1.88. The standard InChI is InChI=1S/C14H11Cl2NO2/c15-8-1-4-11(16)10(7-8)12-5-6-13(14(18)19)17(12)9-2-3-9/h1,4-7,9H,2-3H2,(H,18,19). The molecule has 0 spiro atoms. The Balaban J connectivity index is 2.20. The molecule has 2 aromatic rings. The highest BCUT2D eigenvalue weighted by molar-refractivity contribution is 6.35. The predicted molar refractivity (Wildman–Crippen MR) is 75.1 cm³/mol. The number of carboxylic acid groups (broad SMARTS) is 1. The largest absolute Gasteiger partial charge is 0.477 e. The molecule has 1 aromatic carbocycles. The lowest BCUT2D eigenvalue weighted by Crippen LogP contribution is -2.08. The van der Waals surface area contributed by atoms with Gasteiger partial charge in [-0.05, 0) is 43.2 Å². The third-order valence-electron chi connectivity index (χ3n) is 3.25. The fourth-order valence-corrected chi connectivity index (χ4v) is 2.65. The lowest BCUT2D eigenvalue weighted by molar-refractivity contribution is 0.0685. The first kappa shape index (κ1) is 12.6. The van der Waals surface area contributed by atoms with Gasteiger partial charge in [0.1, 0.15) is 5.69 Å². The van der Waals surface area contributed by atoms with Crippen molar-refractivity contribution in [3.05, 3.63) is 46.1 Å². The molecule has 0 radical (unpaired) electrons. The summed E-state index contributed by atoms with van der Waals surface area (Å²) in [6.45, 7) is 0. The zero-order valence-corrected chi connectivity index (χ0v) is 11.4. The maximum absolute atomic E-state index is 11.3. The highest BCUT2D eigenvalue weighted by Gasteiger charge is 2.30. The number of benzene rings is 1. The van der Waals surface area contributed by atoms with Crippen molar-refractivity contribution in [3.8, 4) is 11.3 Å². The van der Waals surface area contributed by atoms with Crippen LogP contribution < -0.4 is 0 Å². The fourth-order valence-electron chi connectivity index (χ4n) is 2.26. The van der Waals surface area contributed by atoms with Crippen LogP contribution in [0.1, 0.15) is 29.4 Å². The Hall–Kier alpha value is -1.45. The van der Waals surface area contributed by atoms with Crippen LogP contribution in [-0.4, -0.2) is 15.6 Å². The molecule has 1 N–H and O–H groups in total. The zero-order valence-electron chi connectivity index (χ0n) is 9.94. The predicted octanol–water partition coefficient (Wildman–Crippen LogP) is 4.50. The van der Waals surface area contributed by atoms with E-state index >= 15 is 0 Å². The van der Waals surface area contributed by atoms with E-state index in [-0.39, 0.29) is 6.04 Å². The second-order valence-electron chi connectivity index (χ2n) is 4.63. The second kappa shape index (κ2) is 4.58. The van der Waals surface area contributed by atoms with E-state index in [4.69, 9.17) is 23.2 Å². The van der Waals surface area contributed by atoms with Crippen LogP contribution in [0.5, 0.6) is 0 Å². The van der Waals surface area contributed by atoms with Crippen LogP contribution >= 0.6 is 23.2 Å². The number of hydrogen-bond donors (Lipinski definition) is 1. The summed E-state index contributed by atoms with van der Waals surface area (Å²) in [7, 11) is 0. The first-order chi connectivity index (χ1) is 9.08. The molecular weight excluding hydrogens is 285 g/mol. The van der Waals surface area contributed by atoms with Crippen LogP contribution in [-0.2, 0) is 0 Å².